The second-order valence-corrected chi connectivity index (χ2v) is 21.0. The number of ether oxygens (including phenoxy) is 2. The molecule has 0 bridgehead atoms. The minimum atomic E-state index is -2.85. The zero-order valence-electron chi connectivity index (χ0n) is 30.1. The molecule has 0 N–H and O–H groups in total. The first-order chi connectivity index (χ1) is 21.8. The maximum atomic E-state index is 5.73. The fraction of sp³-hybridized carbons (Fsp3) is 0.326. The standard InChI is InChI=1S/C21H25.C17H18O2.C5H5.2ClH.Zr/c1-20(2,3)16-9-7-14-11-15-8-10-17(21(4,5)6)13-19(15)18(14)12-16;1-12-9-14(5-7-16(12)18-3)11-15-6-8-17(19-4)13(2)10-15;1-2-4-5-3-1;;;/h7,9-10,12-13H,11H2,1-6H3;5-10H,1-4H3;1-3H,4H2;2*1H;. The van der Waals surface area contributed by atoms with Crippen LogP contribution in [-0.2, 0) is 38.5 Å². The summed E-state index contributed by atoms with van der Waals surface area (Å²) in [6.45, 7) is 18.4. The van der Waals surface area contributed by atoms with Crippen molar-refractivity contribution >= 4 is 31.3 Å². The van der Waals surface area contributed by atoms with E-state index >= 15 is 0 Å². The summed E-state index contributed by atoms with van der Waals surface area (Å²) in [5.41, 5.74) is 13.8. The van der Waals surface area contributed by atoms with E-state index in [0.29, 0.717) is 0 Å². The van der Waals surface area contributed by atoms with Gasteiger partial charge in [-0.15, -0.1) is 24.8 Å². The molecule has 6 rings (SSSR count). The third-order valence-electron chi connectivity index (χ3n) is 9.73. The molecule has 0 saturated carbocycles. The number of halogens is 2. The van der Waals surface area contributed by atoms with Crippen LogP contribution in [0.25, 0.3) is 11.1 Å². The molecule has 48 heavy (non-hydrogen) atoms. The molecule has 5 heteroatoms. The van der Waals surface area contributed by atoms with E-state index in [1.807, 2.05) is 0 Å². The first-order valence-electron chi connectivity index (χ1n) is 16.5. The second-order valence-electron chi connectivity index (χ2n) is 15.0. The molecule has 2 aliphatic rings. The average Bonchev–Trinajstić information content (AvgIpc) is 3.66. The summed E-state index contributed by atoms with van der Waals surface area (Å²) in [4.78, 5) is 0. The maximum Gasteiger partial charge on any atom is -0.147 e. The Hall–Kier alpha value is -2.71. The number of hydrogen-bond donors (Lipinski definition) is 0. The Morgan fingerprint density at radius 3 is 1.71 bits per heavy atom. The molecule has 0 aliphatic heterocycles. The van der Waals surface area contributed by atoms with Crippen molar-refractivity contribution in [3.05, 3.63) is 133 Å². The van der Waals surface area contributed by atoms with Gasteiger partial charge in [0.2, 0.25) is 0 Å². The molecule has 0 unspecified atom stereocenters. The van der Waals surface area contributed by atoms with E-state index in [1.165, 1.54) is 53.3 Å². The van der Waals surface area contributed by atoms with Gasteiger partial charge in [0.05, 0.1) is 0 Å². The van der Waals surface area contributed by atoms with Crippen molar-refractivity contribution in [2.75, 3.05) is 14.2 Å². The van der Waals surface area contributed by atoms with E-state index in [0.717, 1.165) is 24.3 Å². The molecule has 4 aromatic carbocycles. The monoisotopic (exact) mass is 758 g/mol. The van der Waals surface area contributed by atoms with Crippen LogP contribution in [0.5, 0.6) is 11.5 Å². The predicted octanol–water partition coefficient (Wildman–Crippen LogP) is 10.7. The summed E-state index contributed by atoms with van der Waals surface area (Å²) in [5.74, 6) is 1.86. The Morgan fingerprint density at radius 1 is 0.667 bits per heavy atom. The molecule has 0 fully saturated rings. The normalized spacial score (nSPS) is 13.2. The minimum Gasteiger partial charge on any atom is -0.147 e. The van der Waals surface area contributed by atoms with Gasteiger partial charge in [-0.25, -0.2) is 0 Å². The summed E-state index contributed by atoms with van der Waals surface area (Å²) in [5, 5.41) is 0. The summed E-state index contributed by atoms with van der Waals surface area (Å²) < 4.78 is 16.2. The molecule has 2 nitrogen and oxygen atoms in total. The third-order valence-corrected chi connectivity index (χ3v) is 17.3. The van der Waals surface area contributed by atoms with Crippen LogP contribution in [0.2, 0.25) is 0 Å². The second kappa shape index (κ2) is 14.6. The van der Waals surface area contributed by atoms with Crippen molar-refractivity contribution in [2.45, 2.75) is 79.1 Å². The fourth-order valence-corrected chi connectivity index (χ4v) is 15.0. The number of rotatable bonds is 6. The zero-order valence-corrected chi connectivity index (χ0v) is 34.2. The van der Waals surface area contributed by atoms with Gasteiger partial charge >= 0.3 is 286 Å². The molecule has 0 aromatic heterocycles. The number of aryl methyl sites for hydroxylation is 2. The van der Waals surface area contributed by atoms with Crippen LogP contribution in [0.3, 0.4) is 0 Å². The van der Waals surface area contributed by atoms with Crippen molar-refractivity contribution in [2.24, 2.45) is 0 Å². The quantitative estimate of drug-likeness (QED) is 0.172. The topological polar surface area (TPSA) is 18.5 Å². The summed E-state index contributed by atoms with van der Waals surface area (Å²) in [6.07, 6.45) is 9.10. The van der Waals surface area contributed by atoms with Gasteiger partial charge in [0.15, 0.2) is 0 Å². The summed E-state index contributed by atoms with van der Waals surface area (Å²) in [6, 6.07) is 26.0. The van der Waals surface area contributed by atoms with Gasteiger partial charge < -0.3 is 0 Å². The molecule has 4 aromatic rings. The number of methoxy groups -OCH3 is 2. The van der Waals surface area contributed by atoms with E-state index in [4.69, 9.17) is 9.47 Å². The van der Waals surface area contributed by atoms with Crippen molar-refractivity contribution in [1.82, 2.24) is 0 Å². The van der Waals surface area contributed by atoms with Crippen LogP contribution in [0.4, 0.5) is 0 Å². The zero-order chi connectivity index (χ0) is 33.0. The van der Waals surface area contributed by atoms with Crippen molar-refractivity contribution in [3.63, 3.8) is 0 Å². The molecule has 0 atom stereocenters. The molecule has 0 saturated heterocycles. The van der Waals surface area contributed by atoms with E-state index in [-0.39, 0.29) is 35.6 Å². The first kappa shape index (κ1) is 38.1. The van der Waals surface area contributed by atoms with E-state index in [9.17, 15) is 0 Å². The molecule has 0 spiro atoms. The van der Waals surface area contributed by atoms with Gasteiger partial charge in [-0.1, -0.05) is 0 Å². The molecule has 0 amide bonds. The summed E-state index contributed by atoms with van der Waals surface area (Å²) >= 11 is -2.85. The van der Waals surface area contributed by atoms with Crippen LogP contribution in [-0.4, -0.2) is 17.4 Å². The van der Waals surface area contributed by atoms with E-state index in [2.05, 4.69) is 140 Å². The average molecular weight is 761 g/mol. The SMILES string of the molecule is COc1ccc([C](c2ccc(OC)c(C)c2)=[Zr]([C]2=CC=CC2)[c]2cc(C(C)(C)C)cc3c2Cc2ccc(C(C)(C)C)cc2-3)cc1C.Cl.Cl. The van der Waals surface area contributed by atoms with Gasteiger partial charge in [0.1, 0.15) is 0 Å². The Labute approximate surface area is 308 Å². The third kappa shape index (κ3) is 7.26. The largest absolute Gasteiger partial charge is 0.147 e. The van der Waals surface area contributed by atoms with Gasteiger partial charge in [0.25, 0.3) is 0 Å². The Bertz CT molecular complexity index is 1900. The van der Waals surface area contributed by atoms with Crippen LogP contribution >= 0.6 is 24.8 Å². The van der Waals surface area contributed by atoms with Crippen molar-refractivity contribution in [1.29, 1.82) is 0 Å². The Balaban J connectivity index is 0.00000260. The molecular weight excluding hydrogens is 711 g/mol. The minimum absolute atomic E-state index is 0. The van der Waals surface area contributed by atoms with E-state index in [1.54, 1.807) is 26.3 Å². The first-order valence-corrected chi connectivity index (χ1v) is 20.2. The smallest absolute Gasteiger partial charge is 0.147 e. The number of fused-ring (bicyclic) bond motifs is 3. The molecule has 0 heterocycles. The van der Waals surface area contributed by atoms with Crippen molar-refractivity contribution in [3.8, 4) is 22.6 Å². The fourth-order valence-electron chi connectivity index (χ4n) is 7.02. The molecule has 252 valence electrons. The Morgan fingerprint density at radius 2 is 1.23 bits per heavy atom. The predicted molar refractivity (Wildman–Crippen MR) is 207 cm³/mol. The number of hydrogen-bond acceptors (Lipinski definition) is 2. The molecule has 2 aliphatic carbocycles. The van der Waals surface area contributed by atoms with Gasteiger partial charge in [-0.2, -0.15) is 0 Å². The van der Waals surface area contributed by atoms with Crippen LogP contribution < -0.4 is 12.7 Å². The van der Waals surface area contributed by atoms with Crippen LogP contribution in [0, 0.1) is 13.8 Å². The van der Waals surface area contributed by atoms with Gasteiger partial charge in [-0.3, -0.25) is 0 Å². The van der Waals surface area contributed by atoms with Crippen molar-refractivity contribution < 1.29 is 30.7 Å². The van der Waals surface area contributed by atoms with E-state index < -0.39 is 21.3 Å². The van der Waals surface area contributed by atoms with Crippen LogP contribution in [0.15, 0.2) is 88.2 Å². The number of allylic oxidation sites excluding steroid dienone is 4. The molecule has 0 radical (unpaired) electrons. The Kier molecular flexibility index (Phi) is 11.6. The van der Waals surface area contributed by atoms with Crippen LogP contribution in [0.1, 0.15) is 92.5 Å². The number of benzene rings is 4. The van der Waals surface area contributed by atoms with Gasteiger partial charge in [0, 0.05) is 0 Å². The summed E-state index contributed by atoms with van der Waals surface area (Å²) in [7, 11) is 3.53. The molecular formula is C43H50Cl2O2Zr. The maximum absolute atomic E-state index is 5.73. The van der Waals surface area contributed by atoms with Gasteiger partial charge in [-0.05, 0) is 0 Å².